The lowest BCUT2D eigenvalue weighted by Gasteiger charge is -2.55. The van der Waals surface area contributed by atoms with E-state index >= 15 is 0 Å². The summed E-state index contributed by atoms with van der Waals surface area (Å²) >= 11 is 0. The quantitative estimate of drug-likeness (QED) is 0.688. The Labute approximate surface area is 178 Å². The molecule has 4 aliphatic rings. The van der Waals surface area contributed by atoms with Gasteiger partial charge in [-0.3, -0.25) is 9.59 Å². The van der Waals surface area contributed by atoms with E-state index < -0.39 is 0 Å². The molecule has 156 valence electrons. The molecule has 0 aliphatic heterocycles. The fourth-order valence-corrected chi connectivity index (χ4v) is 6.42. The van der Waals surface area contributed by atoms with E-state index in [1.165, 1.54) is 19.3 Å². The van der Waals surface area contributed by atoms with Crippen LogP contribution in [0.5, 0.6) is 0 Å². The van der Waals surface area contributed by atoms with Gasteiger partial charge in [0.2, 0.25) is 5.91 Å². The third-order valence-corrected chi connectivity index (χ3v) is 7.57. The molecule has 2 amide bonds. The Morgan fingerprint density at radius 3 is 2.03 bits per heavy atom. The average Bonchev–Trinajstić information content (AvgIpc) is 2.70. The molecule has 4 fully saturated rings. The molecule has 0 saturated heterocycles. The predicted octanol–water partition coefficient (Wildman–Crippen LogP) is 5.71. The Bertz CT molecular complexity index is 957. The van der Waals surface area contributed by atoms with E-state index in [2.05, 4.69) is 10.6 Å². The zero-order chi connectivity index (χ0) is 20.9. The first-order valence-electron chi connectivity index (χ1n) is 11.2. The summed E-state index contributed by atoms with van der Waals surface area (Å²) in [5.74, 6) is 2.30. The number of amides is 2. The van der Waals surface area contributed by atoms with Crippen LogP contribution in [0.4, 0.5) is 11.4 Å². The third-order valence-electron chi connectivity index (χ3n) is 7.57. The molecule has 0 atom stereocenters. The van der Waals surface area contributed by atoms with Crippen molar-refractivity contribution < 1.29 is 9.59 Å². The molecule has 4 aliphatic carbocycles. The molecule has 0 aromatic heterocycles. The molecule has 4 saturated carbocycles. The lowest BCUT2D eigenvalue weighted by atomic mass is 9.49. The van der Waals surface area contributed by atoms with Crippen molar-refractivity contribution in [1.82, 2.24) is 0 Å². The summed E-state index contributed by atoms with van der Waals surface area (Å²) in [6.07, 6.45) is 7.16. The number of hydrogen-bond donors (Lipinski definition) is 2. The maximum Gasteiger partial charge on any atom is 0.255 e. The maximum absolute atomic E-state index is 13.2. The average molecular weight is 403 g/mol. The van der Waals surface area contributed by atoms with Crippen molar-refractivity contribution in [1.29, 1.82) is 0 Å². The van der Waals surface area contributed by atoms with Gasteiger partial charge in [0, 0.05) is 16.9 Å². The van der Waals surface area contributed by atoms with Crippen molar-refractivity contribution in [2.24, 2.45) is 23.2 Å². The molecule has 2 N–H and O–H groups in total. The van der Waals surface area contributed by atoms with Crippen molar-refractivity contribution in [3.63, 3.8) is 0 Å². The lowest BCUT2D eigenvalue weighted by Crippen LogP contribution is -2.51. The van der Waals surface area contributed by atoms with E-state index in [1.54, 1.807) is 12.1 Å². The van der Waals surface area contributed by atoms with Crippen LogP contribution in [0.1, 0.15) is 60.0 Å². The first-order chi connectivity index (χ1) is 14.4. The van der Waals surface area contributed by atoms with Crippen LogP contribution in [0, 0.1) is 37.0 Å². The lowest BCUT2D eigenvalue weighted by molar-refractivity contribution is -0.140. The summed E-state index contributed by atoms with van der Waals surface area (Å²) < 4.78 is 0. The molecule has 2 aromatic rings. The minimum absolute atomic E-state index is 0.136. The minimum Gasteiger partial charge on any atom is -0.326 e. The van der Waals surface area contributed by atoms with Crippen LogP contribution >= 0.6 is 0 Å². The number of nitrogens with one attached hydrogen (secondary N) is 2. The number of aryl methyl sites for hydroxylation is 2. The number of benzene rings is 2. The number of carbonyl (C=O) groups excluding carboxylic acids is 2. The van der Waals surface area contributed by atoms with Gasteiger partial charge in [-0.25, -0.2) is 0 Å². The largest absolute Gasteiger partial charge is 0.326 e. The van der Waals surface area contributed by atoms with E-state index in [0.717, 1.165) is 59.5 Å². The van der Waals surface area contributed by atoms with E-state index in [4.69, 9.17) is 0 Å². The topological polar surface area (TPSA) is 58.2 Å². The molecule has 0 unspecified atom stereocenters. The van der Waals surface area contributed by atoms with Crippen LogP contribution in [0.15, 0.2) is 42.5 Å². The van der Waals surface area contributed by atoms with Crippen LogP contribution < -0.4 is 10.6 Å². The van der Waals surface area contributed by atoms with Gasteiger partial charge in [0.15, 0.2) is 0 Å². The third kappa shape index (κ3) is 3.53. The summed E-state index contributed by atoms with van der Waals surface area (Å²) in [5, 5.41) is 6.15. The zero-order valence-corrected chi connectivity index (χ0v) is 17.8. The Morgan fingerprint density at radius 2 is 1.43 bits per heavy atom. The molecular formula is C26H30N2O2. The molecular weight excluding hydrogens is 372 g/mol. The van der Waals surface area contributed by atoms with Gasteiger partial charge in [0.1, 0.15) is 0 Å². The van der Waals surface area contributed by atoms with Crippen LogP contribution in [0.25, 0.3) is 0 Å². The number of anilines is 2. The van der Waals surface area contributed by atoms with Crippen molar-refractivity contribution in [2.45, 2.75) is 52.4 Å². The van der Waals surface area contributed by atoms with Crippen molar-refractivity contribution in [2.75, 3.05) is 10.6 Å². The number of rotatable bonds is 4. The van der Waals surface area contributed by atoms with Gasteiger partial charge in [-0.05, 0) is 112 Å². The van der Waals surface area contributed by atoms with E-state index in [1.807, 2.05) is 44.2 Å². The second kappa shape index (κ2) is 7.26. The summed E-state index contributed by atoms with van der Waals surface area (Å²) in [7, 11) is 0. The van der Waals surface area contributed by atoms with Crippen LogP contribution in [0.3, 0.4) is 0 Å². The molecule has 0 radical (unpaired) electrons. The molecule has 4 nitrogen and oxygen atoms in total. The Balaban J connectivity index is 1.26. The van der Waals surface area contributed by atoms with Gasteiger partial charge in [0.25, 0.3) is 5.91 Å². The van der Waals surface area contributed by atoms with Gasteiger partial charge in [0.05, 0.1) is 5.41 Å². The Hall–Kier alpha value is -2.62. The summed E-state index contributed by atoms with van der Waals surface area (Å²) in [6.45, 7) is 3.99. The van der Waals surface area contributed by atoms with Crippen molar-refractivity contribution in [3.05, 3.63) is 59.2 Å². The minimum atomic E-state index is -0.159. The molecule has 4 bridgehead atoms. The normalized spacial score (nSPS) is 28.9. The highest BCUT2D eigenvalue weighted by molar-refractivity contribution is 6.05. The number of hydrogen-bond acceptors (Lipinski definition) is 2. The SMILES string of the molecule is Cc1ccc(C)c(NC(=O)c2ccc(NC(=O)C34CC5CC(CC(C5)C3)C4)cc2)c1. The highest BCUT2D eigenvalue weighted by Crippen LogP contribution is 2.60. The molecule has 0 heterocycles. The van der Waals surface area contributed by atoms with Gasteiger partial charge >= 0.3 is 0 Å². The molecule has 2 aromatic carbocycles. The van der Waals surface area contributed by atoms with Gasteiger partial charge in [-0.1, -0.05) is 12.1 Å². The Morgan fingerprint density at radius 1 is 0.833 bits per heavy atom. The Kier molecular flexibility index (Phi) is 4.68. The first-order valence-corrected chi connectivity index (χ1v) is 11.2. The fraction of sp³-hybridized carbons (Fsp3) is 0.462. The monoisotopic (exact) mass is 402 g/mol. The molecule has 6 rings (SSSR count). The highest BCUT2D eigenvalue weighted by Gasteiger charge is 2.54. The fourth-order valence-electron chi connectivity index (χ4n) is 6.42. The van der Waals surface area contributed by atoms with Crippen molar-refractivity contribution in [3.8, 4) is 0 Å². The van der Waals surface area contributed by atoms with Crippen LogP contribution in [-0.2, 0) is 4.79 Å². The van der Waals surface area contributed by atoms with E-state index in [0.29, 0.717) is 5.56 Å². The standard InChI is InChI=1S/C26H30N2O2/c1-16-3-4-17(2)23(9-16)28-24(29)21-5-7-22(8-6-21)27-25(30)26-13-18-10-19(14-26)12-20(11-18)15-26/h3-9,18-20H,10-15H2,1-2H3,(H,27,30)(H,28,29). The predicted molar refractivity (Wildman–Crippen MR) is 120 cm³/mol. The summed E-state index contributed by atoms with van der Waals surface area (Å²) in [5.41, 5.74) is 4.18. The van der Waals surface area contributed by atoms with Gasteiger partial charge in [-0.2, -0.15) is 0 Å². The summed E-state index contributed by atoms with van der Waals surface area (Å²) in [4.78, 5) is 25.8. The maximum atomic E-state index is 13.2. The smallest absolute Gasteiger partial charge is 0.255 e. The van der Waals surface area contributed by atoms with Gasteiger partial charge < -0.3 is 10.6 Å². The van der Waals surface area contributed by atoms with Crippen LogP contribution in [0.2, 0.25) is 0 Å². The first kappa shape index (κ1) is 19.3. The zero-order valence-electron chi connectivity index (χ0n) is 17.8. The highest BCUT2D eigenvalue weighted by atomic mass is 16.2. The van der Waals surface area contributed by atoms with Gasteiger partial charge in [-0.15, -0.1) is 0 Å². The summed E-state index contributed by atoms with van der Waals surface area (Å²) in [6, 6.07) is 13.3. The second-order valence-electron chi connectivity index (χ2n) is 10.0. The molecule has 0 spiro atoms. The second-order valence-corrected chi connectivity index (χ2v) is 10.0. The van der Waals surface area contributed by atoms with E-state index in [-0.39, 0.29) is 17.2 Å². The van der Waals surface area contributed by atoms with Crippen LogP contribution in [-0.4, -0.2) is 11.8 Å². The molecule has 4 heteroatoms. The van der Waals surface area contributed by atoms with Crippen molar-refractivity contribution >= 4 is 23.2 Å². The number of carbonyl (C=O) groups is 2. The molecule has 30 heavy (non-hydrogen) atoms. The van der Waals surface area contributed by atoms with E-state index in [9.17, 15) is 9.59 Å².